The van der Waals surface area contributed by atoms with E-state index >= 15 is 0 Å². The van der Waals surface area contributed by atoms with Crippen LogP contribution in [0.4, 0.5) is 4.79 Å². The fourth-order valence-corrected chi connectivity index (χ4v) is 3.26. The van der Waals surface area contributed by atoms with E-state index < -0.39 is 0 Å². The quantitative estimate of drug-likeness (QED) is 0.797. The Hall–Kier alpha value is -2.30. The SMILES string of the molecule is Cn1cc([C@@H]2Cc3ccccc3[C@H]3COC(=O)N32)cn1. The number of aryl methyl sites for hydroxylation is 1. The third kappa shape index (κ3) is 1.56. The molecule has 0 spiro atoms. The van der Waals surface area contributed by atoms with Gasteiger partial charge in [0.05, 0.1) is 18.3 Å². The van der Waals surface area contributed by atoms with Gasteiger partial charge in [-0.25, -0.2) is 4.79 Å². The maximum Gasteiger partial charge on any atom is 0.411 e. The molecule has 1 amide bonds. The molecule has 3 heterocycles. The summed E-state index contributed by atoms with van der Waals surface area (Å²) in [5.41, 5.74) is 3.56. The van der Waals surface area contributed by atoms with Crippen LogP contribution in [0.25, 0.3) is 0 Å². The van der Waals surface area contributed by atoms with Crippen LogP contribution >= 0.6 is 0 Å². The largest absolute Gasteiger partial charge is 0.447 e. The van der Waals surface area contributed by atoms with Gasteiger partial charge < -0.3 is 4.74 Å². The Balaban J connectivity index is 1.83. The molecule has 5 heteroatoms. The van der Waals surface area contributed by atoms with E-state index in [1.165, 1.54) is 11.1 Å². The van der Waals surface area contributed by atoms with Gasteiger partial charge in [0, 0.05) is 18.8 Å². The van der Waals surface area contributed by atoms with Gasteiger partial charge in [0.1, 0.15) is 6.61 Å². The van der Waals surface area contributed by atoms with Gasteiger partial charge in [-0.15, -0.1) is 0 Å². The van der Waals surface area contributed by atoms with Crippen LogP contribution in [0.3, 0.4) is 0 Å². The summed E-state index contributed by atoms with van der Waals surface area (Å²) in [4.78, 5) is 13.9. The molecule has 2 aromatic rings. The molecule has 0 aliphatic carbocycles. The number of nitrogens with zero attached hydrogens (tertiary/aromatic N) is 3. The number of cyclic esters (lactones) is 1. The molecule has 1 aromatic heterocycles. The van der Waals surface area contributed by atoms with Crippen molar-refractivity contribution in [2.75, 3.05) is 6.61 Å². The van der Waals surface area contributed by atoms with Gasteiger partial charge in [-0.2, -0.15) is 5.10 Å². The van der Waals surface area contributed by atoms with Crippen LogP contribution in [0.2, 0.25) is 0 Å². The van der Waals surface area contributed by atoms with E-state index in [-0.39, 0.29) is 18.2 Å². The lowest BCUT2D eigenvalue weighted by molar-refractivity contribution is 0.140. The van der Waals surface area contributed by atoms with Crippen LogP contribution in [0.15, 0.2) is 36.7 Å². The lowest BCUT2D eigenvalue weighted by Gasteiger charge is -2.36. The zero-order valence-corrected chi connectivity index (χ0v) is 11.2. The van der Waals surface area contributed by atoms with Gasteiger partial charge >= 0.3 is 6.09 Å². The normalized spacial score (nSPS) is 24.2. The Morgan fingerprint density at radius 3 is 2.95 bits per heavy atom. The number of rotatable bonds is 1. The van der Waals surface area contributed by atoms with Gasteiger partial charge in [-0.1, -0.05) is 24.3 Å². The molecule has 2 aliphatic heterocycles. The summed E-state index contributed by atoms with van der Waals surface area (Å²) < 4.78 is 7.05. The molecule has 5 nitrogen and oxygen atoms in total. The summed E-state index contributed by atoms with van der Waals surface area (Å²) in [5.74, 6) is 0. The summed E-state index contributed by atoms with van der Waals surface area (Å²) in [6, 6.07) is 8.33. The van der Waals surface area contributed by atoms with Crippen molar-refractivity contribution in [3.05, 3.63) is 53.3 Å². The van der Waals surface area contributed by atoms with Gasteiger partial charge in [-0.3, -0.25) is 9.58 Å². The minimum atomic E-state index is -0.224. The van der Waals surface area contributed by atoms with E-state index in [1.54, 1.807) is 4.68 Å². The highest BCUT2D eigenvalue weighted by molar-refractivity contribution is 5.72. The maximum atomic E-state index is 12.1. The highest BCUT2D eigenvalue weighted by Gasteiger charge is 2.44. The topological polar surface area (TPSA) is 47.4 Å². The zero-order valence-electron chi connectivity index (χ0n) is 11.2. The van der Waals surface area contributed by atoms with Crippen molar-refractivity contribution in [1.29, 1.82) is 0 Å². The second-order valence-corrected chi connectivity index (χ2v) is 5.37. The molecule has 2 atom stereocenters. The van der Waals surface area contributed by atoms with Crippen molar-refractivity contribution >= 4 is 6.09 Å². The van der Waals surface area contributed by atoms with E-state index in [2.05, 4.69) is 17.2 Å². The first-order chi connectivity index (χ1) is 9.74. The van der Waals surface area contributed by atoms with Crippen LogP contribution in [0.5, 0.6) is 0 Å². The number of hydrogen-bond acceptors (Lipinski definition) is 3. The first kappa shape index (κ1) is 11.5. The summed E-state index contributed by atoms with van der Waals surface area (Å²) in [6.07, 6.45) is 4.40. The number of carbonyl (C=O) groups is 1. The molecule has 0 unspecified atom stereocenters. The second-order valence-electron chi connectivity index (χ2n) is 5.37. The molecular weight excluding hydrogens is 254 g/mol. The maximum absolute atomic E-state index is 12.1. The predicted octanol–water partition coefficient (Wildman–Crippen LogP) is 2.21. The molecule has 2 aliphatic rings. The van der Waals surface area contributed by atoms with Gasteiger partial charge in [0.25, 0.3) is 0 Å². The predicted molar refractivity (Wildman–Crippen MR) is 72.0 cm³/mol. The van der Waals surface area contributed by atoms with E-state index in [0.717, 1.165) is 12.0 Å². The standard InChI is InChI=1S/C15H15N3O2/c1-17-8-11(7-16-17)13-6-10-4-2-3-5-12(10)14-9-20-15(19)18(13)14/h2-5,7-8,13-14H,6,9H2,1H3/t13-,14+/m0/s1. The number of benzene rings is 1. The van der Waals surface area contributed by atoms with Crippen molar-refractivity contribution in [3.63, 3.8) is 0 Å². The lowest BCUT2D eigenvalue weighted by atomic mass is 9.87. The number of fused-ring (bicyclic) bond motifs is 3. The van der Waals surface area contributed by atoms with Crippen molar-refractivity contribution in [2.45, 2.75) is 18.5 Å². The highest BCUT2D eigenvalue weighted by Crippen LogP contribution is 2.43. The Kier molecular flexibility index (Phi) is 2.36. The van der Waals surface area contributed by atoms with Crippen LogP contribution in [-0.2, 0) is 18.2 Å². The Bertz CT molecular complexity index is 679. The molecule has 4 rings (SSSR count). The average molecular weight is 269 g/mol. The molecule has 1 fully saturated rings. The summed E-state index contributed by atoms with van der Waals surface area (Å²) in [7, 11) is 1.89. The van der Waals surface area contributed by atoms with Crippen molar-refractivity contribution in [1.82, 2.24) is 14.7 Å². The molecule has 20 heavy (non-hydrogen) atoms. The first-order valence-electron chi connectivity index (χ1n) is 6.75. The summed E-state index contributed by atoms with van der Waals surface area (Å²) in [6.45, 7) is 0.437. The number of aromatic nitrogens is 2. The number of hydrogen-bond donors (Lipinski definition) is 0. The monoisotopic (exact) mass is 269 g/mol. The van der Waals surface area contributed by atoms with Crippen LogP contribution < -0.4 is 0 Å². The Labute approximate surface area is 116 Å². The fourth-order valence-electron chi connectivity index (χ4n) is 3.26. The lowest BCUT2D eigenvalue weighted by Crippen LogP contribution is -2.37. The van der Waals surface area contributed by atoms with Crippen molar-refractivity contribution < 1.29 is 9.53 Å². The van der Waals surface area contributed by atoms with Crippen molar-refractivity contribution in [3.8, 4) is 0 Å². The Morgan fingerprint density at radius 1 is 1.30 bits per heavy atom. The van der Waals surface area contributed by atoms with Gasteiger partial charge in [-0.05, 0) is 17.5 Å². The summed E-state index contributed by atoms with van der Waals surface area (Å²) in [5, 5.41) is 4.22. The van der Waals surface area contributed by atoms with E-state index in [1.807, 2.05) is 36.5 Å². The third-order valence-corrected chi connectivity index (χ3v) is 4.18. The minimum absolute atomic E-state index is 0.0126. The summed E-state index contributed by atoms with van der Waals surface area (Å²) >= 11 is 0. The van der Waals surface area contributed by atoms with Crippen molar-refractivity contribution in [2.24, 2.45) is 7.05 Å². The van der Waals surface area contributed by atoms with E-state index in [4.69, 9.17) is 4.74 Å². The smallest absolute Gasteiger partial charge is 0.411 e. The molecule has 0 N–H and O–H groups in total. The van der Waals surface area contributed by atoms with Crippen LogP contribution in [0, 0.1) is 0 Å². The van der Waals surface area contributed by atoms with Crippen LogP contribution in [0.1, 0.15) is 28.8 Å². The molecule has 1 aromatic carbocycles. The average Bonchev–Trinajstić information content (AvgIpc) is 3.05. The second kappa shape index (κ2) is 4.10. The molecule has 1 saturated heterocycles. The molecule has 102 valence electrons. The molecular formula is C15H15N3O2. The van der Waals surface area contributed by atoms with Gasteiger partial charge in [0.15, 0.2) is 0 Å². The van der Waals surface area contributed by atoms with E-state index in [9.17, 15) is 4.79 Å². The Morgan fingerprint density at radius 2 is 2.15 bits per heavy atom. The molecule has 0 radical (unpaired) electrons. The zero-order chi connectivity index (χ0) is 13.7. The van der Waals surface area contributed by atoms with Crippen LogP contribution in [-0.4, -0.2) is 27.4 Å². The van der Waals surface area contributed by atoms with E-state index in [0.29, 0.717) is 6.61 Å². The number of carbonyl (C=O) groups excluding carboxylic acids is 1. The number of amides is 1. The van der Waals surface area contributed by atoms with Gasteiger partial charge in [0.2, 0.25) is 0 Å². The third-order valence-electron chi connectivity index (χ3n) is 4.18. The molecule has 0 bridgehead atoms. The fraction of sp³-hybridized carbons (Fsp3) is 0.333. The number of ether oxygens (including phenoxy) is 1. The first-order valence-corrected chi connectivity index (χ1v) is 6.75. The minimum Gasteiger partial charge on any atom is -0.447 e. The highest BCUT2D eigenvalue weighted by atomic mass is 16.6. The molecule has 0 saturated carbocycles.